The molecule has 0 radical (unpaired) electrons. The van der Waals surface area contributed by atoms with Crippen LogP contribution in [0.1, 0.15) is 5.56 Å². The maximum Gasteiger partial charge on any atom is 0.239 e. The van der Waals surface area contributed by atoms with E-state index >= 15 is 0 Å². The van der Waals surface area contributed by atoms with Crippen LogP contribution < -0.4 is 5.32 Å². The summed E-state index contributed by atoms with van der Waals surface area (Å²) < 4.78 is 13.2. The molecular formula is C18H20ClFN4O. The summed E-state index contributed by atoms with van der Waals surface area (Å²) in [5, 5.41) is 3.30. The highest BCUT2D eigenvalue weighted by Gasteiger charge is 2.19. The van der Waals surface area contributed by atoms with Crippen LogP contribution in [0.3, 0.4) is 0 Å². The number of carbonyl (C=O) groups excluding carboxylic acids is 1. The number of amides is 1. The van der Waals surface area contributed by atoms with Crippen molar-refractivity contribution in [3.8, 4) is 0 Å². The molecule has 2 aromatic rings. The average molecular weight is 363 g/mol. The smallest absolute Gasteiger partial charge is 0.239 e. The highest BCUT2D eigenvalue weighted by atomic mass is 35.5. The lowest BCUT2D eigenvalue weighted by atomic mass is 10.2. The Balaban J connectivity index is 1.42. The lowest BCUT2D eigenvalue weighted by Gasteiger charge is -2.34. The van der Waals surface area contributed by atoms with Crippen molar-refractivity contribution in [2.24, 2.45) is 0 Å². The van der Waals surface area contributed by atoms with Gasteiger partial charge in [0, 0.05) is 38.9 Å². The first-order valence-corrected chi connectivity index (χ1v) is 8.57. The molecule has 0 aliphatic carbocycles. The third kappa shape index (κ3) is 5.49. The second-order valence-corrected chi connectivity index (χ2v) is 6.53. The van der Waals surface area contributed by atoms with Crippen LogP contribution in [-0.2, 0) is 11.3 Å². The van der Waals surface area contributed by atoms with Crippen LogP contribution in [0.5, 0.6) is 0 Å². The Labute approximate surface area is 151 Å². The van der Waals surface area contributed by atoms with E-state index in [0.29, 0.717) is 17.4 Å². The summed E-state index contributed by atoms with van der Waals surface area (Å²) >= 11 is 5.78. The summed E-state index contributed by atoms with van der Waals surface area (Å²) in [6.07, 6.45) is 1.50. The van der Waals surface area contributed by atoms with Crippen LogP contribution in [-0.4, -0.2) is 53.4 Å². The third-order valence-electron chi connectivity index (χ3n) is 4.12. The second-order valence-electron chi connectivity index (χ2n) is 6.09. The Morgan fingerprint density at radius 2 is 1.92 bits per heavy atom. The number of benzene rings is 1. The lowest BCUT2D eigenvalue weighted by Crippen LogP contribution is -2.48. The molecule has 1 fully saturated rings. The minimum atomic E-state index is -0.205. The van der Waals surface area contributed by atoms with E-state index in [1.165, 1.54) is 12.3 Å². The SMILES string of the molecule is O=C(CN1CCN(Cc2cccc(F)c2)CC1)Nc1ccc(Cl)cn1. The highest BCUT2D eigenvalue weighted by molar-refractivity contribution is 6.30. The predicted molar refractivity (Wildman–Crippen MR) is 96.0 cm³/mol. The van der Waals surface area contributed by atoms with E-state index < -0.39 is 0 Å². The first kappa shape index (κ1) is 17.8. The van der Waals surface area contributed by atoms with Gasteiger partial charge in [0.05, 0.1) is 11.6 Å². The largest absolute Gasteiger partial charge is 0.310 e. The van der Waals surface area contributed by atoms with Crippen molar-refractivity contribution >= 4 is 23.3 Å². The van der Waals surface area contributed by atoms with Crippen LogP contribution in [0.15, 0.2) is 42.6 Å². The van der Waals surface area contributed by atoms with Crippen LogP contribution in [0.25, 0.3) is 0 Å². The molecule has 1 amide bonds. The van der Waals surface area contributed by atoms with Crippen LogP contribution in [0.4, 0.5) is 10.2 Å². The van der Waals surface area contributed by atoms with Crippen molar-refractivity contribution in [2.45, 2.75) is 6.54 Å². The summed E-state index contributed by atoms with van der Waals surface area (Å²) in [7, 11) is 0. The van der Waals surface area contributed by atoms with Gasteiger partial charge in [-0.2, -0.15) is 0 Å². The molecule has 25 heavy (non-hydrogen) atoms. The summed E-state index contributed by atoms with van der Waals surface area (Å²) in [5.41, 5.74) is 0.972. The molecular weight excluding hydrogens is 343 g/mol. The normalized spacial score (nSPS) is 15.9. The number of anilines is 1. The molecule has 0 unspecified atom stereocenters. The van der Waals surface area contributed by atoms with Gasteiger partial charge in [-0.15, -0.1) is 0 Å². The van der Waals surface area contributed by atoms with Crippen LogP contribution in [0.2, 0.25) is 5.02 Å². The minimum absolute atomic E-state index is 0.0894. The lowest BCUT2D eigenvalue weighted by molar-refractivity contribution is -0.117. The standard InChI is InChI=1S/C18H20ClFN4O/c19-15-4-5-17(21-11-15)22-18(25)13-24-8-6-23(7-9-24)12-14-2-1-3-16(20)10-14/h1-5,10-11H,6-9,12-13H2,(H,21,22,25). The first-order valence-electron chi connectivity index (χ1n) is 8.19. The van der Waals surface area contributed by atoms with E-state index in [0.717, 1.165) is 38.3 Å². The Morgan fingerprint density at radius 3 is 2.60 bits per heavy atom. The first-order chi connectivity index (χ1) is 12.1. The number of pyridine rings is 1. The van der Waals surface area contributed by atoms with Gasteiger partial charge in [-0.3, -0.25) is 14.6 Å². The Hall–Kier alpha value is -2.02. The van der Waals surface area contributed by atoms with E-state index in [1.807, 2.05) is 6.07 Å². The van der Waals surface area contributed by atoms with Crippen molar-refractivity contribution in [2.75, 3.05) is 38.0 Å². The van der Waals surface area contributed by atoms with E-state index in [1.54, 1.807) is 24.3 Å². The molecule has 7 heteroatoms. The zero-order valence-corrected chi connectivity index (χ0v) is 14.5. The van der Waals surface area contributed by atoms with Crippen LogP contribution in [0, 0.1) is 5.82 Å². The van der Waals surface area contributed by atoms with Crippen molar-refractivity contribution in [1.29, 1.82) is 0 Å². The molecule has 1 aliphatic heterocycles. The number of aromatic nitrogens is 1. The second kappa shape index (κ2) is 8.38. The van der Waals surface area contributed by atoms with Gasteiger partial charge in [0.1, 0.15) is 11.6 Å². The maximum absolute atomic E-state index is 13.2. The van der Waals surface area contributed by atoms with Gasteiger partial charge >= 0.3 is 0 Å². The molecule has 5 nitrogen and oxygen atoms in total. The van der Waals surface area contributed by atoms with Gasteiger partial charge < -0.3 is 5.32 Å². The summed E-state index contributed by atoms with van der Waals surface area (Å²) in [5.74, 6) is 0.205. The summed E-state index contributed by atoms with van der Waals surface area (Å²) in [6, 6.07) is 10.1. The van der Waals surface area contributed by atoms with Gasteiger partial charge in [-0.25, -0.2) is 9.37 Å². The fourth-order valence-electron chi connectivity index (χ4n) is 2.83. The molecule has 0 atom stereocenters. The molecule has 1 aromatic carbocycles. The molecule has 1 aromatic heterocycles. The fourth-order valence-corrected chi connectivity index (χ4v) is 2.95. The number of nitrogens with one attached hydrogen (secondary N) is 1. The number of hydrogen-bond donors (Lipinski definition) is 1. The Morgan fingerprint density at radius 1 is 1.16 bits per heavy atom. The van der Waals surface area contributed by atoms with Gasteiger partial charge in [0.2, 0.25) is 5.91 Å². The molecule has 1 aliphatic rings. The molecule has 2 heterocycles. The van der Waals surface area contributed by atoms with Gasteiger partial charge in [-0.1, -0.05) is 23.7 Å². The van der Waals surface area contributed by atoms with Crippen molar-refractivity contribution in [3.63, 3.8) is 0 Å². The number of piperazine rings is 1. The molecule has 0 spiro atoms. The average Bonchev–Trinajstić information content (AvgIpc) is 2.59. The number of nitrogens with zero attached hydrogens (tertiary/aromatic N) is 3. The zero-order valence-electron chi connectivity index (χ0n) is 13.8. The van der Waals surface area contributed by atoms with E-state index in [4.69, 9.17) is 11.6 Å². The number of rotatable bonds is 5. The molecule has 3 rings (SSSR count). The van der Waals surface area contributed by atoms with Gasteiger partial charge in [-0.05, 0) is 29.8 Å². The number of carbonyl (C=O) groups is 1. The Bertz CT molecular complexity index is 717. The topological polar surface area (TPSA) is 48.5 Å². The van der Waals surface area contributed by atoms with E-state index in [2.05, 4.69) is 20.1 Å². The maximum atomic E-state index is 13.2. The molecule has 1 saturated heterocycles. The third-order valence-corrected chi connectivity index (χ3v) is 4.35. The van der Waals surface area contributed by atoms with Gasteiger partial charge in [0.15, 0.2) is 0 Å². The van der Waals surface area contributed by atoms with Crippen molar-refractivity contribution < 1.29 is 9.18 Å². The number of halogens is 2. The van der Waals surface area contributed by atoms with Gasteiger partial charge in [0.25, 0.3) is 0 Å². The van der Waals surface area contributed by atoms with E-state index in [-0.39, 0.29) is 11.7 Å². The van der Waals surface area contributed by atoms with Crippen molar-refractivity contribution in [1.82, 2.24) is 14.8 Å². The molecule has 0 bridgehead atoms. The fraction of sp³-hybridized carbons (Fsp3) is 0.333. The monoisotopic (exact) mass is 362 g/mol. The summed E-state index contributed by atoms with van der Waals surface area (Å²) in [4.78, 5) is 20.5. The minimum Gasteiger partial charge on any atom is -0.310 e. The quantitative estimate of drug-likeness (QED) is 0.888. The zero-order chi connectivity index (χ0) is 17.6. The molecule has 132 valence electrons. The number of hydrogen-bond acceptors (Lipinski definition) is 4. The van der Waals surface area contributed by atoms with E-state index in [9.17, 15) is 9.18 Å². The van der Waals surface area contributed by atoms with Crippen LogP contribution >= 0.6 is 11.6 Å². The Kier molecular flexibility index (Phi) is 5.96. The van der Waals surface area contributed by atoms with Crippen molar-refractivity contribution in [3.05, 3.63) is 59.0 Å². The summed E-state index contributed by atoms with van der Waals surface area (Å²) in [6.45, 7) is 4.37. The highest BCUT2D eigenvalue weighted by Crippen LogP contribution is 2.11. The molecule has 1 N–H and O–H groups in total. The predicted octanol–water partition coefficient (Wildman–Crippen LogP) is 2.63. The molecule has 0 saturated carbocycles.